The number of likely N-dealkylation sites (N-methyl/N-ethyl adjacent to an activating group) is 1. The number of aliphatic carboxylic acids is 1. The van der Waals surface area contributed by atoms with Crippen molar-refractivity contribution in [2.75, 3.05) is 20.1 Å². The molecule has 0 radical (unpaired) electrons. The number of nitrogens with zero attached hydrogens (tertiary/aromatic N) is 2. The summed E-state index contributed by atoms with van der Waals surface area (Å²) in [4.78, 5) is 58.1. The number of hydrogen-bond acceptors (Lipinski definition) is 6. The van der Waals surface area contributed by atoms with Crippen LogP contribution in [0.1, 0.15) is 133 Å². The minimum Gasteiger partial charge on any atom is -0.481 e. The first-order valence-corrected chi connectivity index (χ1v) is 22.7. The number of esters is 1. The van der Waals surface area contributed by atoms with E-state index < -0.39 is 17.4 Å². The molecular formula is C49H69ClN2O6. The second-order valence-corrected chi connectivity index (χ2v) is 23.1. The van der Waals surface area contributed by atoms with Gasteiger partial charge in [-0.05, 0) is 141 Å². The number of ether oxygens (including phenoxy) is 1. The van der Waals surface area contributed by atoms with Crippen molar-refractivity contribution in [1.82, 2.24) is 9.80 Å². The maximum atomic E-state index is 14.7. The number of ketones is 1. The maximum absolute atomic E-state index is 14.7. The number of rotatable bonds is 7. The van der Waals surface area contributed by atoms with E-state index in [0.29, 0.717) is 66.5 Å². The van der Waals surface area contributed by atoms with Crippen molar-refractivity contribution in [3.8, 4) is 0 Å². The lowest BCUT2D eigenvalue weighted by molar-refractivity contribution is -0.282. The molecule has 0 bridgehead atoms. The van der Waals surface area contributed by atoms with E-state index in [1.165, 1.54) is 5.57 Å². The van der Waals surface area contributed by atoms with Crippen LogP contribution in [0.2, 0.25) is 5.02 Å². The fourth-order valence-electron chi connectivity index (χ4n) is 16.3. The monoisotopic (exact) mass is 816 g/mol. The van der Waals surface area contributed by atoms with E-state index in [1.54, 1.807) is 13.8 Å². The summed E-state index contributed by atoms with van der Waals surface area (Å²) >= 11 is 6.25. The standard InChI is InChI=1S/C49H69ClN2O6/c1-28(2)40-34(53)23-48-33(29(3)49(48)27-52(38(54)26-51(49)11)25-30-12-14-31(50)15-13-30)22-47(10)32(41(40)48)16-17-36-45(8)20-19-37(58-39(55)24-43(4,5)42(56)57)44(6,7)35(45)18-21-46(36,47)9/h12-15,28-29,32-33,35-37H,16-27H2,1-11H3,(H,56,57). The molecule has 6 aliphatic carbocycles. The third-order valence-electron chi connectivity index (χ3n) is 19.2. The number of amides is 1. The lowest BCUT2D eigenvalue weighted by atomic mass is 9.27. The highest BCUT2D eigenvalue weighted by atomic mass is 35.5. The lowest BCUT2D eigenvalue weighted by Crippen LogP contribution is -2.84. The predicted octanol–water partition coefficient (Wildman–Crippen LogP) is 9.62. The van der Waals surface area contributed by atoms with Crippen LogP contribution in [0.5, 0.6) is 0 Å². The summed E-state index contributed by atoms with van der Waals surface area (Å²) < 4.78 is 6.23. The van der Waals surface area contributed by atoms with E-state index in [0.717, 1.165) is 56.1 Å². The zero-order chi connectivity index (χ0) is 42.3. The number of piperazine rings is 1. The zero-order valence-corrected chi connectivity index (χ0v) is 37.9. The molecule has 11 atom stereocenters. The number of allylic oxidation sites excluding steroid dienone is 1. The van der Waals surface area contributed by atoms with Gasteiger partial charge in [0.1, 0.15) is 6.10 Å². The van der Waals surface area contributed by atoms with E-state index in [9.17, 15) is 24.3 Å². The van der Waals surface area contributed by atoms with Crippen molar-refractivity contribution in [3.63, 3.8) is 0 Å². The normalized spacial score (nSPS) is 42.0. The highest BCUT2D eigenvalue weighted by molar-refractivity contribution is 6.30. The van der Waals surface area contributed by atoms with Gasteiger partial charge >= 0.3 is 11.9 Å². The van der Waals surface area contributed by atoms with Gasteiger partial charge in [-0.15, -0.1) is 0 Å². The Morgan fingerprint density at radius 3 is 2.28 bits per heavy atom. The number of carboxylic acids is 1. The molecule has 1 aromatic carbocycles. The van der Waals surface area contributed by atoms with Crippen molar-refractivity contribution in [2.24, 2.45) is 68.0 Å². The second-order valence-electron chi connectivity index (χ2n) is 22.6. The molecule has 1 heterocycles. The average Bonchev–Trinajstić information content (AvgIpc) is 3.46. The molecule has 1 aliphatic heterocycles. The molecule has 8 nitrogen and oxygen atoms in total. The Morgan fingerprint density at radius 2 is 1.64 bits per heavy atom. The Labute approximate surface area is 352 Å². The Bertz CT molecular complexity index is 1950. The molecule has 1 N–H and O–H groups in total. The van der Waals surface area contributed by atoms with Crippen LogP contribution in [-0.4, -0.2) is 70.3 Å². The second kappa shape index (κ2) is 13.4. The van der Waals surface area contributed by atoms with Crippen LogP contribution in [0, 0.1) is 68.0 Å². The van der Waals surface area contributed by atoms with Gasteiger partial charge in [-0.2, -0.15) is 0 Å². The smallest absolute Gasteiger partial charge is 0.309 e. The molecule has 5 saturated carbocycles. The topological polar surface area (TPSA) is 104 Å². The summed E-state index contributed by atoms with van der Waals surface area (Å²) in [6.07, 6.45) is 7.37. The summed E-state index contributed by atoms with van der Waals surface area (Å²) in [5.74, 6) is 1.02. The van der Waals surface area contributed by atoms with Crippen LogP contribution < -0.4 is 0 Å². The third-order valence-corrected chi connectivity index (χ3v) is 19.5. The van der Waals surface area contributed by atoms with E-state index >= 15 is 0 Å². The van der Waals surface area contributed by atoms with Gasteiger partial charge in [0.25, 0.3) is 0 Å². The molecule has 7 aliphatic rings. The summed E-state index contributed by atoms with van der Waals surface area (Å²) in [5.41, 5.74) is 1.72. The number of halogens is 1. The molecule has 0 aromatic heterocycles. The summed E-state index contributed by atoms with van der Waals surface area (Å²) in [5, 5.41) is 10.4. The van der Waals surface area contributed by atoms with Crippen LogP contribution >= 0.6 is 11.6 Å². The van der Waals surface area contributed by atoms with E-state index in [-0.39, 0.29) is 57.0 Å². The number of benzene rings is 1. The predicted molar refractivity (Wildman–Crippen MR) is 226 cm³/mol. The van der Waals surface area contributed by atoms with Crippen LogP contribution in [-0.2, 0) is 30.5 Å². The van der Waals surface area contributed by atoms with Gasteiger partial charge in [0.2, 0.25) is 5.91 Å². The number of carbonyl (C=O) groups excluding carboxylic acids is 3. The quantitative estimate of drug-likeness (QED) is 0.274. The molecule has 1 aromatic rings. The van der Waals surface area contributed by atoms with E-state index in [4.69, 9.17) is 16.3 Å². The molecule has 1 amide bonds. The zero-order valence-electron chi connectivity index (χ0n) is 37.1. The fraction of sp³-hybridized carbons (Fsp3) is 0.755. The molecule has 9 heteroatoms. The fourth-order valence-corrected chi connectivity index (χ4v) is 16.5. The van der Waals surface area contributed by atoms with Crippen molar-refractivity contribution in [2.45, 2.75) is 145 Å². The highest BCUT2D eigenvalue weighted by Crippen LogP contribution is 2.83. The highest BCUT2D eigenvalue weighted by Gasteiger charge is 2.82. The van der Waals surface area contributed by atoms with E-state index in [2.05, 4.69) is 72.2 Å². The molecule has 8 rings (SSSR count). The molecule has 2 spiro atoms. The van der Waals surface area contributed by atoms with Crippen LogP contribution in [0.4, 0.5) is 0 Å². The minimum absolute atomic E-state index is 0.00402. The average molecular weight is 818 g/mol. The minimum atomic E-state index is -1.17. The molecular weight excluding hydrogens is 748 g/mol. The van der Waals surface area contributed by atoms with Crippen molar-refractivity contribution in [1.29, 1.82) is 0 Å². The SMILES string of the molecule is CC(C)C1=C2C3CCC4C5(C)CCC(OC(=O)CC(C)(C)C(=O)O)C(C)(C)C5CCC4(C)C3(C)CC3C(C)C4(CN(Cc5ccc(Cl)cc5)C(=O)CN4C)C23CC1=O. The third kappa shape index (κ3) is 5.40. The maximum Gasteiger partial charge on any atom is 0.309 e. The van der Waals surface area contributed by atoms with Gasteiger partial charge in [-0.3, -0.25) is 24.1 Å². The number of carbonyl (C=O) groups is 4. The van der Waals surface area contributed by atoms with Gasteiger partial charge < -0.3 is 14.7 Å². The van der Waals surface area contributed by atoms with Gasteiger partial charge in [0.05, 0.1) is 23.9 Å². The van der Waals surface area contributed by atoms with Gasteiger partial charge in [0.15, 0.2) is 5.78 Å². The molecule has 6 fully saturated rings. The molecule has 1 saturated heterocycles. The van der Waals surface area contributed by atoms with Gasteiger partial charge in [-0.1, -0.05) is 84.7 Å². The Kier molecular flexibility index (Phi) is 9.70. The van der Waals surface area contributed by atoms with Crippen LogP contribution in [0.3, 0.4) is 0 Å². The molecule has 11 unspecified atom stereocenters. The first kappa shape index (κ1) is 42.0. The van der Waals surface area contributed by atoms with E-state index in [1.807, 2.05) is 24.3 Å². The lowest BCUT2D eigenvalue weighted by Gasteiger charge is -2.80. The van der Waals surface area contributed by atoms with Crippen molar-refractivity contribution >= 4 is 35.2 Å². The number of Topliss-reactive ketones (excluding diaryl/α,β-unsaturated/α-hetero) is 1. The summed E-state index contributed by atoms with van der Waals surface area (Å²) in [6.45, 7) is 24.0. The van der Waals surface area contributed by atoms with Gasteiger partial charge in [-0.25, -0.2) is 0 Å². The molecule has 58 heavy (non-hydrogen) atoms. The Morgan fingerprint density at radius 1 is 0.966 bits per heavy atom. The van der Waals surface area contributed by atoms with Gasteiger partial charge in [0, 0.05) is 35.4 Å². The van der Waals surface area contributed by atoms with Crippen molar-refractivity contribution in [3.05, 3.63) is 46.0 Å². The van der Waals surface area contributed by atoms with Crippen molar-refractivity contribution < 1.29 is 29.0 Å². The largest absolute Gasteiger partial charge is 0.481 e. The number of fused-ring (bicyclic) bond motifs is 6. The summed E-state index contributed by atoms with van der Waals surface area (Å²) in [6, 6.07) is 7.85. The van der Waals surface area contributed by atoms with Crippen LogP contribution in [0.25, 0.3) is 0 Å². The number of hydrogen-bond donors (Lipinski definition) is 1. The Hall–Kier alpha value is -2.71. The molecule has 318 valence electrons. The Balaban J connectivity index is 1.14. The van der Waals surface area contributed by atoms with Crippen LogP contribution in [0.15, 0.2) is 35.4 Å². The summed E-state index contributed by atoms with van der Waals surface area (Å²) in [7, 11) is 2.16. The first-order chi connectivity index (χ1) is 26.9. The first-order valence-electron chi connectivity index (χ1n) is 22.4. The number of carboxylic acid groups (broad SMARTS) is 1.